The van der Waals surface area contributed by atoms with Crippen LogP contribution in [0.4, 0.5) is 11.4 Å². The standard InChI is InChI=1S/C19H18N2O2/c1-11-7-8-18(23-11)13-9-16-19(17(22)10-13)12(2)20-14-5-3-4-6-15(14)21-16/h3-8,13,20H,9-10H2,1-2H3. The first kappa shape index (κ1) is 14.0. The molecule has 1 fully saturated rings. The Labute approximate surface area is 134 Å². The minimum absolute atomic E-state index is 0.0664. The fourth-order valence-corrected chi connectivity index (χ4v) is 3.38. The highest BCUT2D eigenvalue weighted by Gasteiger charge is 2.34. The largest absolute Gasteiger partial charge is 0.466 e. The molecular weight excluding hydrogens is 288 g/mol. The lowest BCUT2D eigenvalue weighted by Gasteiger charge is -2.23. The molecule has 1 aromatic heterocycles. The van der Waals surface area contributed by atoms with E-state index in [2.05, 4.69) is 5.32 Å². The number of carbonyl (C=O) groups is 1. The Morgan fingerprint density at radius 2 is 1.96 bits per heavy atom. The van der Waals surface area contributed by atoms with Crippen LogP contribution in [-0.2, 0) is 4.79 Å². The number of furan rings is 1. The Hall–Kier alpha value is -2.62. The van der Waals surface area contributed by atoms with Gasteiger partial charge in [0, 0.05) is 24.5 Å². The van der Waals surface area contributed by atoms with Gasteiger partial charge in [0.25, 0.3) is 0 Å². The molecule has 1 aliphatic carbocycles. The topological polar surface area (TPSA) is 54.6 Å². The second-order valence-corrected chi connectivity index (χ2v) is 6.18. The normalized spacial score (nSPS) is 20.3. The van der Waals surface area contributed by atoms with E-state index in [4.69, 9.17) is 9.41 Å². The number of fused-ring (bicyclic) bond motifs is 2. The first-order chi connectivity index (χ1) is 11.1. The van der Waals surface area contributed by atoms with Crippen molar-refractivity contribution in [2.24, 2.45) is 4.99 Å². The zero-order chi connectivity index (χ0) is 16.0. The Morgan fingerprint density at radius 3 is 2.74 bits per heavy atom. The van der Waals surface area contributed by atoms with E-state index in [0.717, 1.165) is 46.3 Å². The number of Topliss-reactive ketones (excluding diaryl/α,β-unsaturated/α-hetero) is 1. The van der Waals surface area contributed by atoms with Crippen LogP contribution >= 0.6 is 0 Å². The van der Waals surface area contributed by atoms with Crippen molar-refractivity contribution in [1.82, 2.24) is 0 Å². The third kappa shape index (κ3) is 2.40. The monoisotopic (exact) mass is 306 g/mol. The molecule has 4 heteroatoms. The summed E-state index contributed by atoms with van der Waals surface area (Å²) in [6.45, 7) is 3.87. The molecule has 1 saturated carbocycles. The van der Waals surface area contributed by atoms with Crippen LogP contribution in [0.15, 0.2) is 57.1 Å². The lowest BCUT2D eigenvalue weighted by molar-refractivity contribution is -0.115. The number of allylic oxidation sites excluding steroid dienone is 2. The number of hydrogen-bond donors (Lipinski definition) is 1. The molecule has 1 aliphatic heterocycles. The second-order valence-electron chi connectivity index (χ2n) is 6.18. The number of carbonyl (C=O) groups excluding carboxylic acids is 1. The number of benzene rings is 1. The lowest BCUT2D eigenvalue weighted by Crippen LogP contribution is -2.26. The molecule has 2 heterocycles. The SMILES string of the molecule is CC1=C2C(=O)CC(c3ccc(C)o3)CC2=Nc2ccccc2N1. The predicted molar refractivity (Wildman–Crippen MR) is 90.3 cm³/mol. The van der Waals surface area contributed by atoms with Gasteiger partial charge in [0.1, 0.15) is 11.5 Å². The van der Waals surface area contributed by atoms with Crippen molar-refractivity contribution in [3.05, 3.63) is 59.2 Å². The zero-order valence-corrected chi connectivity index (χ0v) is 13.2. The van der Waals surface area contributed by atoms with Gasteiger partial charge < -0.3 is 9.73 Å². The molecule has 1 unspecified atom stereocenters. The van der Waals surface area contributed by atoms with E-state index in [0.29, 0.717) is 6.42 Å². The number of para-hydroxylation sites is 2. The molecule has 0 bridgehead atoms. The molecule has 0 saturated heterocycles. The van der Waals surface area contributed by atoms with E-state index in [1.807, 2.05) is 50.2 Å². The van der Waals surface area contributed by atoms with Gasteiger partial charge in [-0.15, -0.1) is 0 Å². The van der Waals surface area contributed by atoms with E-state index < -0.39 is 0 Å². The third-order valence-electron chi connectivity index (χ3n) is 4.46. The number of ketones is 1. The van der Waals surface area contributed by atoms with Crippen molar-refractivity contribution in [1.29, 1.82) is 0 Å². The fourth-order valence-electron chi connectivity index (χ4n) is 3.38. The predicted octanol–water partition coefficient (Wildman–Crippen LogP) is 4.51. The molecule has 0 spiro atoms. The van der Waals surface area contributed by atoms with Crippen molar-refractivity contribution in [3.63, 3.8) is 0 Å². The summed E-state index contributed by atoms with van der Waals surface area (Å²) in [7, 11) is 0. The summed E-state index contributed by atoms with van der Waals surface area (Å²) in [6.07, 6.45) is 1.19. The minimum atomic E-state index is 0.0664. The number of nitrogens with one attached hydrogen (secondary N) is 1. The molecule has 2 aromatic rings. The molecule has 2 aliphatic rings. The van der Waals surface area contributed by atoms with Crippen LogP contribution in [-0.4, -0.2) is 11.5 Å². The van der Waals surface area contributed by atoms with Crippen LogP contribution in [0, 0.1) is 6.92 Å². The lowest BCUT2D eigenvalue weighted by atomic mass is 9.81. The Bertz CT molecular complexity index is 858. The van der Waals surface area contributed by atoms with Crippen molar-refractivity contribution >= 4 is 22.9 Å². The van der Waals surface area contributed by atoms with E-state index in [1.165, 1.54) is 0 Å². The number of aliphatic imine (C=N–C) groups is 1. The summed E-state index contributed by atoms with van der Waals surface area (Å²) in [6, 6.07) is 11.8. The van der Waals surface area contributed by atoms with Crippen molar-refractivity contribution in [2.45, 2.75) is 32.6 Å². The highest BCUT2D eigenvalue weighted by molar-refractivity contribution is 6.26. The van der Waals surface area contributed by atoms with Gasteiger partial charge in [-0.05, 0) is 38.1 Å². The van der Waals surface area contributed by atoms with Crippen molar-refractivity contribution in [2.75, 3.05) is 5.32 Å². The van der Waals surface area contributed by atoms with Gasteiger partial charge in [0.15, 0.2) is 5.78 Å². The Balaban J connectivity index is 1.79. The van der Waals surface area contributed by atoms with Gasteiger partial charge in [-0.2, -0.15) is 0 Å². The number of aryl methyl sites for hydroxylation is 1. The summed E-state index contributed by atoms with van der Waals surface area (Å²) in [5.41, 5.74) is 4.29. The first-order valence-corrected chi connectivity index (χ1v) is 7.86. The van der Waals surface area contributed by atoms with Crippen LogP contribution in [0.2, 0.25) is 0 Å². The molecule has 116 valence electrons. The summed E-state index contributed by atoms with van der Waals surface area (Å²) in [5.74, 6) is 1.95. The van der Waals surface area contributed by atoms with Crippen molar-refractivity contribution < 1.29 is 9.21 Å². The Morgan fingerprint density at radius 1 is 1.13 bits per heavy atom. The average molecular weight is 306 g/mol. The number of hydrogen-bond acceptors (Lipinski definition) is 4. The number of nitrogens with zero attached hydrogens (tertiary/aromatic N) is 1. The molecular formula is C19H18N2O2. The molecule has 0 amide bonds. The quantitative estimate of drug-likeness (QED) is 0.843. The summed E-state index contributed by atoms with van der Waals surface area (Å²) < 4.78 is 5.74. The van der Waals surface area contributed by atoms with E-state index in [9.17, 15) is 4.79 Å². The summed E-state index contributed by atoms with van der Waals surface area (Å²) >= 11 is 0. The highest BCUT2D eigenvalue weighted by atomic mass is 16.3. The van der Waals surface area contributed by atoms with E-state index in [-0.39, 0.29) is 11.7 Å². The summed E-state index contributed by atoms with van der Waals surface area (Å²) in [5, 5.41) is 3.33. The maximum Gasteiger partial charge on any atom is 0.167 e. The van der Waals surface area contributed by atoms with Crippen LogP contribution in [0.1, 0.15) is 37.2 Å². The molecule has 4 nitrogen and oxygen atoms in total. The summed E-state index contributed by atoms with van der Waals surface area (Å²) in [4.78, 5) is 17.5. The number of anilines is 1. The smallest absolute Gasteiger partial charge is 0.167 e. The molecule has 0 radical (unpaired) electrons. The van der Waals surface area contributed by atoms with Crippen LogP contribution in [0.5, 0.6) is 0 Å². The maximum absolute atomic E-state index is 12.7. The van der Waals surface area contributed by atoms with Gasteiger partial charge in [0.2, 0.25) is 0 Å². The Kier molecular flexibility index (Phi) is 3.18. The average Bonchev–Trinajstić information content (AvgIpc) is 2.88. The van der Waals surface area contributed by atoms with Gasteiger partial charge in [-0.25, -0.2) is 0 Å². The van der Waals surface area contributed by atoms with E-state index >= 15 is 0 Å². The number of rotatable bonds is 1. The maximum atomic E-state index is 12.7. The van der Waals surface area contributed by atoms with Crippen molar-refractivity contribution in [3.8, 4) is 0 Å². The van der Waals surface area contributed by atoms with E-state index in [1.54, 1.807) is 0 Å². The van der Waals surface area contributed by atoms with Crippen LogP contribution in [0.25, 0.3) is 0 Å². The zero-order valence-electron chi connectivity index (χ0n) is 13.2. The van der Waals surface area contributed by atoms with Crippen LogP contribution in [0.3, 0.4) is 0 Å². The second kappa shape index (κ2) is 5.23. The molecule has 4 rings (SSSR count). The highest BCUT2D eigenvalue weighted by Crippen LogP contribution is 2.38. The minimum Gasteiger partial charge on any atom is -0.466 e. The molecule has 1 N–H and O–H groups in total. The molecule has 1 atom stereocenters. The van der Waals surface area contributed by atoms with Gasteiger partial charge in [0.05, 0.1) is 22.7 Å². The van der Waals surface area contributed by atoms with Gasteiger partial charge >= 0.3 is 0 Å². The molecule has 1 aromatic carbocycles. The third-order valence-corrected chi connectivity index (χ3v) is 4.46. The van der Waals surface area contributed by atoms with Gasteiger partial charge in [-0.3, -0.25) is 9.79 Å². The van der Waals surface area contributed by atoms with Gasteiger partial charge in [-0.1, -0.05) is 12.1 Å². The molecule has 23 heavy (non-hydrogen) atoms. The first-order valence-electron chi connectivity index (χ1n) is 7.86. The van der Waals surface area contributed by atoms with Crippen LogP contribution < -0.4 is 5.32 Å². The fraction of sp³-hybridized carbons (Fsp3) is 0.263.